The Morgan fingerprint density at radius 3 is 2.83 bits per heavy atom. The van der Waals surface area contributed by atoms with Gasteiger partial charge in [-0.1, -0.05) is 13.8 Å². The molecule has 0 aromatic carbocycles. The summed E-state index contributed by atoms with van der Waals surface area (Å²) in [5.41, 5.74) is -0.357. The number of aromatic nitrogens is 2. The van der Waals surface area contributed by atoms with Crippen LogP contribution in [0.2, 0.25) is 0 Å². The Morgan fingerprint density at radius 1 is 1.48 bits per heavy atom. The zero-order valence-corrected chi connectivity index (χ0v) is 14.8. The lowest BCUT2D eigenvalue weighted by Crippen LogP contribution is -2.32. The highest BCUT2D eigenvalue weighted by molar-refractivity contribution is 8.00. The molecule has 1 unspecified atom stereocenters. The maximum absolute atomic E-state index is 12.4. The molecule has 0 N–H and O–H groups in total. The maximum Gasteiger partial charge on any atom is 0.351 e. The molecule has 1 aliphatic heterocycles. The molecule has 1 aromatic rings. The average molecular weight is 339 g/mol. The van der Waals surface area contributed by atoms with E-state index < -0.39 is 0 Å². The molecule has 0 aliphatic carbocycles. The molecule has 1 fully saturated rings. The largest absolute Gasteiger partial charge is 0.505 e. The van der Waals surface area contributed by atoms with Gasteiger partial charge in [-0.3, -0.25) is 4.57 Å². The monoisotopic (exact) mass is 339 g/mol. The average Bonchev–Trinajstić information content (AvgIpc) is 3.01. The van der Waals surface area contributed by atoms with Crippen LogP contribution in [0.3, 0.4) is 0 Å². The third-order valence-electron chi connectivity index (χ3n) is 3.50. The number of nitrogens with zero attached hydrogens (tertiary/aromatic N) is 3. The molecule has 128 valence electrons. The number of rotatable bonds is 8. The van der Waals surface area contributed by atoms with Crippen molar-refractivity contribution in [2.45, 2.75) is 38.4 Å². The molecule has 2 rings (SSSR count). The fourth-order valence-electron chi connectivity index (χ4n) is 2.48. The van der Waals surface area contributed by atoms with Gasteiger partial charge in [0.15, 0.2) is 0 Å². The van der Waals surface area contributed by atoms with E-state index in [4.69, 9.17) is 9.47 Å². The van der Waals surface area contributed by atoms with Crippen molar-refractivity contribution in [3.05, 3.63) is 35.1 Å². The predicted octanol–water partition coefficient (Wildman–Crippen LogP) is 2.62. The van der Waals surface area contributed by atoms with E-state index >= 15 is 0 Å². The van der Waals surface area contributed by atoms with E-state index in [1.54, 1.807) is 35.9 Å². The van der Waals surface area contributed by atoms with Crippen molar-refractivity contribution in [1.82, 2.24) is 9.55 Å². The van der Waals surface area contributed by atoms with E-state index in [-0.39, 0.29) is 17.4 Å². The van der Waals surface area contributed by atoms with Crippen molar-refractivity contribution < 1.29 is 9.47 Å². The van der Waals surface area contributed by atoms with Crippen molar-refractivity contribution in [2.75, 3.05) is 30.9 Å². The number of ether oxygens (including phenoxy) is 2. The lowest BCUT2D eigenvalue weighted by molar-refractivity contribution is 0.0337. The van der Waals surface area contributed by atoms with Gasteiger partial charge in [0.1, 0.15) is 17.5 Å². The van der Waals surface area contributed by atoms with Gasteiger partial charge >= 0.3 is 5.69 Å². The smallest absolute Gasteiger partial charge is 0.351 e. The van der Waals surface area contributed by atoms with Gasteiger partial charge in [-0.05, 0) is 25.0 Å². The van der Waals surface area contributed by atoms with Crippen LogP contribution >= 0.6 is 11.8 Å². The summed E-state index contributed by atoms with van der Waals surface area (Å²) in [5, 5.41) is 0. The summed E-state index contributed by atoms with van der Waals surface area (Å²) in [6.45, 7) is 6.07. The Kier molecular flexibility index (Phi) is 6.98. The molecule has 6 nitrogen and oxygen atoms in total. The lowest BCUT2D eigenvalue weighted by Gasteiger charge is -2.23. The summed E-state index contributed by atoms with van der Waals surface area (Å²) < 4.78 is 12.3. The van der Waals surface area contributed by atoms with E-state index in [1.165, 1.54) is 0 Å². The molecule has 2 heterocycles. The summed E-state index contributed by atoms with van der Waals surface area (Å²) in [6, 6.07) is 1.90. The Balaban J connectivity index is 2.10. The normalized spacial score (nSPS) is 21.0. The second kappa shape index (κ2) is 8.98. The van der Waals surface area contributed by atoms with Gasteiger partial charge in [-0.25, -0.2) is 4.79 Å². The van der Waals surface area contributed by atoms with Crippen LogP contribution in [-0.2, 0) is 9.47 Å². The minimum Gasteiger partial charge on any atom is -0.505 e. The van der Waals surface area contributed by atoms with Gasteiger partial charge in [0.25, 0.3) is 0 Å². The van der Waals surface area contributed by atoms with E-state index in [0.717, 1.165) is 31.7 Å². The Morgan fingerprint density at radius 2 is 2.22 bits per heavy atom. The Bertz CT molecular complexity index is 570. The molecule has 1 saturated heterocycles. The summed E-state index contributed by atoms with van der Waals surface area (Å²) in [5.74, 6) is 1.46. The molecule has 0 amide bonds. The van der Waals surface area contributed by atoms with Crippen molar-refractivity contribution in [3.8, 4) is 0 Å². The van der Waals surface area contributed by atoms with E-state index in [0.29, 0.717) is 5.75 Å². The van der Waals surface area contributed by atoms with Gasteiger partial charge in [-0.2, -0.15) is 4.98 Å². The van der Waals surface area contributed by atoms with Gasteiger partial charge in [0, 0.05) is 25.0 Å². The standard InChI is InChI=1S/C16H25N3O3S/c1-4-8-18(9-5-2)13-6-10-19(16(20)17-13)14-12-23-15(22-14)7-11-21-3/h6-7,10-11,14-15H,4-5,8-9,12H2,1-3H3/b11-7+/t14-,15?/m0/s1. The first-order valence-electron chi connectivity index (χ1n) is 8.00. The molecule has 2 atom stereocenters. The van der Waals surface area contributed by atoms with E-state index in [1.807, 2.05) is 12.1 Å². The quantitative estimate of drug-likeness (QED) is 0.679. The van der Waals surface area contributed by atoms with Crippen LogP contribution in [-0.4, -0.2) is 40.9 Å². The highest BCUT2D eigenvalue weighted by atomic mass is 32.2. The summed E-state index contributed by atoms with van der Waals surface area (Å²) in [7, 11) is 1.60. The number of hydrogen-bond acceptors (Lipinski definition) is 6. The number of methoxy groups -OCH3 is 1. The summed E-state index contributed by atoms with van der Waals surface area (Å²) >= 11 is 1.63. The van der Waals surface area contributed by atoms with Crippen LogP contribution in [0.1, 0.15) is 32.9 Å². The molecule has 0 spiro atoms. The highest BCUT2D eigenvalue weighted by Crippen LogP contribution is 2.31. The molecule has 0 bridgehead atoms. The van der Waals surface area contributed by atoms with Crippen LogP contribution in [0.15, 0.2) is 29.4 Å². The minimum absolute atomic E-state index is 0.0943. The second-order valence-electron chi connectivity index (χ2n) is 5.32. The fourth-order valence-corrected chi connectivity index (χ4v) is 3.46. The van der Waals surface area contributed by atoms with Gasteiger partial charge in [-0.15, -0.1) is 11.8 Å². The maximum atomic E-state index is 12.4. The summed E-state index contributed by atoms with van der Waals surface area (Å²) in [6.07, 6.45) is 6.99. The third kappa shape index (κ3) is 4.75. The van der Waals surface area contributed by atoms with Crippen molar-refractivity contribution in [3.63, 3.8) is 0 Å². The number of hydrogen-bond donors (Lipinski definition) is 0. The van der Waals surface area contributed by atoms with Crippen molar-refractivity contribution >= 4 is 17.6 Å². The Labute approximate surface area is 141 Å². The first-order chi connectivity index (χ1) is 11.2. The van der Waals surface area contributed by atoms with Crippen LogP contribution < -0.4 is 10.6 Å². The first kappa shape index (κ1) is 17.9. The topological polar surface area (TPSA) is 56.6 Å². The lowest BCUT2D eigenvalue weighted by atomic mass is 10.3. The molecule has 1 aliphatic rings. The Hall–Kier alpha value is -1.47. The van der Waals surface area contributed by atoms with Gasteiger partial charge < -0.3 is 14.4 Å². The van der Waals surface area contributed by atoms with Crippen LogP contribution in [0.25, 0.3) is 0 Å². The van der Waals surface area contributed by atoms with Crippen LogP contribution in [0, 0.1) is 0 Å². The second-order valence-corrected chi connectivity index (χ2v) is 6.45. The number of thioether (sulfide) groups is 1. The summed E-state index contributed by atoms with van der Waals surface area (Å²) in [4.78, 5) is 18.8. The van der Waals surface area contributed by atoms with Crippen LogP contribution in [0.5, 0.6) is 0 Å². The molecule has 0 radical (unpaired) electrons. The molecular formula is C16H25N3O3S. The first-order valence-corrected chi connectivity index (χ1v) is 9.05. The van der Waals surface area contributed by atoms with Crippen molar-refractivity contribution in [2.24, 2.45) is 0 Å². The third-order valence-corrected chi connectivity index (χ3v) is 4.58. The highest BCUT2D eigenvalue weighted by Gasteiger charge is 2.26. The molecule has 23 heavy (non-hydrogen) atoms. The fraction of sp³-hybridized carbons (Fsp3) is 0.625. The molecular weight excluding hydrogens is 314 g/mol. The minimum atomic E-state index is -0.286. The zero-order chi connectivity index (χ0) is 16.7. The SMILES string of the molecule is CCCN(CCC)c1ccn([C@@H]2CSC(/C=C/OC)O2)c(=O)n1. The molecule has 1 aromatic heterocycles. The predicted molar refractivity (Wildman–Crippen MR) is 93.8 cm³/mol. The van der Waals surface area contributed by atoms with Crippen LogP contribution in [0.4, 0.5) is 5.82 Å². The van der Waals surface area contributed by atoms with Gasteiger partial charge in [0.2, 0.25) is 0 Å². The van der Waals surface area contributed by atoms with Gasteiger partial charge in [0.05, 0.1) is 13.4 Å². The number of anilines is 1. The zero-order valence-electron chi connectivity index (χ0n) is 14.0. The van der Waals surface area contributed by atoms with E-state index in [2.05, 4.69) is 23.7 Å². The van der Waals surface area contributed by atoms with Crippen molar-refractivity contribution in [1.29, 1.82) is 0 Å². The molecule has 7 heteroatoms. The van der Waals surface area contributed by atoms with E-state index in [9.17, 15) is 4.79 Å². The molecule has 0 saturated carbocycles.